The third kappa shape index (κ3) is 5.87. The maximum Gasteiger partial charge on any atom is 0.0359 e. The Morgan fingerprint density at radius 2 is 1.31 bits per heavy atom. The zero-order chi connectivity index (χ0) is 9.36. The van der Waals surface area contributed by atoms with Gasteiger partial charge in [-0.15, -0.1) is 0 Å². The van der Waals surface area contributed by atoms with E-state index in [-0.39, 0.29) is 0 Å². The van der Waals surface area contributed by atoms with Crippen molar-refractivity contribution < 1.29 is 0 Å². The summed E-state index contributed by atoms with van der Waals surface area (Å²) in [6.45, 7) is 0. The van der Waals surface area contributed by atoms with Crippen LogP contribution in [-0.4, -0.2) is 4.83 Å². The molecule has 0 aromatic carbocycles. The second kappa shape index (κ2) is 7.14. The van der Waals surface area contributed by atoms with Crippen molar-refractivity contribution in [1.82, 2.24) is 0 Å². The van der Waals surface area contributed by atoms with Gasteiger partial charge >= 0.3 is 0 Å². The second-order valence-corrected chi connectivity index (χ2v) is 4.45. The van der Waals surface area contributed by atoms with Gasteiger partial charge in [-0.3, -0.25) is 0 Å². The van der Waals surface area contributed by atoms with E-state index in [0.29, 0.717) is 4.83 Å². The summed E-state index contributed by atoms with van der Waals surface area (Å²) in [7, 11) is 0. The van der Waals surface area contributed by atoms with Gasteiger partial charge in [0.2, 0.25) is 0 Å². The van der Waals surface area contributed by atoms with E-state index in [2.05, 4.69) is 52.4 Å². The Balaban J connectivity index is 2.41. The van der Waals surface area contributed by atoms with Crippen molar-refractivity contribution in [3.8, 4) is 0 Å². The Kier molecular flexibility index (Phi) is 5.92. The molecule has 0 spiro atoms. The standard InChI is InChI=1S/C12H17Br/c13-12-10-8-6-4-2-1-3-5-7-9-11-12/h1-2,7-10,12H,3-6,11H2/b2-1-,9-7-,10-8-. The maximum atomic E-state index is 3.62. The van der Waals surface area contributed by atoms with Gasteiger partial charge in [0.05, 0.1) is 0 Å². The molecule has 0 N–H and O–H groups in total. The summed E-state index contributed by atoms with van der Waals surface area (Å²) < 4.78 is 0. The highest BCUT2D eigenvalue weighted by Gasteiger charge is 1.94. The van der Waals surface area contributed by atoms with Gasteiger partial charge in [0.25, 0.3) is 0 Å². The van der Waals surface area contributed by atoms with Crippen LogP contribution in [0.1, 0.15) is 32.1 Å². The van der Waals surface area contributed by atoms with Crippen molar-refractivity contribution in [1.29, 1.82) is 0 Å². The van der Waals surface area contributed by atoms with Crippen LogP contribution in [0.5, 0.6) is 0 Å². The van der Waals surface area contributed by atoms with Crippen LogP contribution in [0, 0.1) is 0 Å². The minimum atomic E-state index is 0.521. The van der Waals surface area contributed by atoms with E-state index in [1.54, 1.807) is 0 Å². The van der Waals surface area contributed by atoms with Crippen molar-refractivity contribution >= 4 is 15.9 Å². The fraction of sp³-hybridized carbons (Fsp3) is 0.500. The Labute approximate surface area is 89.5 Å². The lowest BCUT2D eigenvalue weighted by atomic mass is 10.1. The molecule has 1 atom stereocenters. The summed E-state index contributed by atoms with van der Waals surface area (Å²) >= 11 is 3.62. The summed E-state index contributed by atoms with van der Waals surface area (Å²) in [5, 5.41) is 0. The van der Waals surface area contributed by atoms with E-state index >= 15 is 0 Å². The summed E-state index contributed by atoms with van der Waals surface area (Å²) in [6, 6.07) is 0. The highest BCUT2D eigenvalue weighted by Crippen LogP contribution is 2.10. The van der Waals surface area contributed by atoms with Crippen molar-refractivity contribution in [2.75, 3.05) is 0 Å². The van der Waals surface area contributed by atoms with Gasteiger partial charge < -0.3 is 0 Å². The van der Waals surface area contributed by atoms with Gasteiger partial charge in [-0.05, 0) is 32.1 Å². The Hall–Kier alpha value is -0.300. The molecule has 1 unspecified atom stereocenters. The van der Waals surface area contributed by atoms with Crippen LogP contribution in [0.25, 0.3) is 0 Å². The van der Waals surface area contributed by atoms with E-state index in [4.69, 9.17) is 0 Å². The minimum Gasteiger partial charge on any atom is -0.0882 e. The first-order chi connectivity index (χ1) is 6.39. The lowest BCUT2D eigenvalue weighted by molar-refractivity contribution is 0.972. The van der Waals surface area contributed by atoms with Crippen molar-refractivity contribution in [3.05, 3.63) is 36.5 Å². The quantitative estimate of drug-likeness (QED) is 0.436. The fourth-order valence-corrected chi connectivity index (χ4v) is 1.72. The van der Waals surface area contributed by atoms with Crippen LogP contribution >= 0.6 is 15.9 Å². The Morgan fingerprint density at radius 3 is 2.00 bits per heavy atom. The molecule has 0 bridgehead atoms. The highest BCUT2D eigenvalue weighted by atomic mass is 79.9. The maximum absolute atomic E-state index is 3.62. The van der Waals surface area contributed by atoms with Crippen LogP contribution in [0.15, 0.2) is 36.5 Å². The number of rotatable bonds is 0. The number of allylic oxidation sites excluding steroid dienone is 6. The molecule has 0 fully saturated rings. The largest absolute Gasteiger partial charge is 0.0882 e. The zero-order valence-electron chi connectivity index (χ0n) is 7.95. The van der Waals surface area contributed by atoms with Crippen LogP contribution in [0.4, 0.5) is 0 Å². The number of alkyl halides is 1. The average Bonchev–Trinajstić information content (AvgIpc) is 2.11. The molecule has 0 saturated heterocycles. The number of hydrogen-bond acceptors (Lipinski definition) is 0. The number of halogens is 1. The third-order valence-corrected chi connectivity index (χ3v) is 2.72. The van der Waals surface area contributed by atoms with Gasteiger partial charge in [-0.2, -0.15) is 0 Å². The summed E-state index contributed by atoms with van der Waals surface area (Å²) in [5.74, 6) is 0. The van der Waals surface area contributed by atoms with E-state index in [0.717, 1.165) is 6.42 Å². The van der Waals surface area contributed by atoms with E-state index in [9.17, 15) is 0 Å². The molecule has 0 aromatic heterocycles. The van der Waals surface area contributed by atoms with Crippen LogP contribution in [0.3, 0.4) is 0 Å². The molecular formula is C12H17Br. The van der Waals surface area contributed by atoms with Crippen molar-refractivity contribution in [2.24, 2.45) is 0 Å². The first kappa shape index (κ1) is 10.8. The molecule has 1 aliphatic rings. The lowest BCUT2D eigenvalue weighted by Gasteiger charge is -1.99. The Bertz CT molecular complexity index is 201. The molecule has 0 amide bonds. The van der Waals surface area contributed by atoms with Crippen LogP contribution in [0.2, 0.25) is 0 Å². The molecule has 1 aliphatic carbocycles. The monoisotopic (exact) mass is 240 g/mol. The second-order valence-electron chi connectivity index (χ2n) is 3.28. The summed E-state index contributed by atoms with van der Waals surface area (Å²) in [4.78, 5) is 0.521. The molecule has 0 nitrogen and oxygen atoms in total. The average molecular weight is 241 g/mol. The van der Waals surface area contributed by atoms with Crippen LogP contribution < -0.4 is 0 Å². The molecule has 0 aromatic rings. The van der Waals surface area contributed by atoms with Gasteiger partial charge in [-0.1, -0.05) is 52.4 Å². The molecule has 1 heteroatoms. The molecule has 13 heavy (non-hydrogen) atoms. The molecule has 0 heterocycles. The van der Waals surface area contributed by atoms with Gasteiger partial charge in [0.15, 0.2) is 0 Å². The topological polar surface area (TPSA) is 0 Å². The summed E-state index contributed by atoms with van der Waals surface area (Å²) in [6.07, 6.45) is 19.4. The zero-order valence-corrected chi connectivity index (χ0v) is 9.54. The smallest absolute Gasteiger partial charge is 0.0359 e. The normalized spacial score (nSPS) is 32.5. The molecular weight excluding hydrogens is 224 g/mol. The SMILES string of the molecule is BrC1/C=C\CC/C=C\CC/C=C\C1. The molecule has 1 rings (SSSR count). The van der Waals surface area contributed by atoms with Gasteiger partial charge in [0, 0.05) is 4.83 Å². The first-order valence-corrected chi connectivity index (χ1v) is 5.92. The number of hydrogen-bond donors (Lipinski definition) is 0. The third-order valence-electron chi connectivity index (χ3n) is 2.04. The predicted octanol–water partition coefficient (Wildman–Crippen LogP) is 4.38. The Morgan fingerprint density at radius 1 is 0.769 bits per heavy atom. The minimum absolute atomic E-state index is 0.521. The lowest BCUT2D eigenvalue weighted by Crippen LogP contribution is -1.88. The van der Waals surface area contributed by atoms with E-state index < -0.39 is 0 Å². The van der Waals surface area contributed by atoms with E-state index in [1.807, 2.05) is 0 Å². The first-order valence-electron chi connectivity index (χ1n) is 5.00. The van der Waals surface area contributed by atoms with E-state index in [1.165, 1.54) is 25.7 Å². The molecule has 0 saturated carbocycles. The predicted molar refractivity (Wildman–Crippen MR) is 63.2 cm³/mol. The molecule has 0 radical (unpaired) electrons. The highest BCUT2D eigenvalue weighted by molar-refractivity contribution is 9.09. The van der Waals surface area contributed by atoms with Gasteiger partial charge in [0.1, 0.15) is 0 Å². The van der Waals surface area contributed by atoms with Crippen molar-refractivity contribution in [2.45, 2.75) is 36.9 Å². The molecule has 0 aliphatic heterocycles. The van der Waals surface area contributed by atoms with Gasteiger partial charge in [-0.25, -0.2) is 0 Å². The fourth-order valence-electron chi connectivity index (χ4n) is 1.29. The van der Waals surface area contributed by atoms with Crippen molar-refractivity contribution in [3.63, 3.8) is 0 Å². The van der Waals surface area contributed by atoms with Crippen LogP contribution in [-0.2, 0) is 0 Å². The molecule has 72 valence electrons. The summed E-state index contributed by atoms with van der Waals surface area (Å²) in [5.41, 5.74) is 0.